The Bertz CT molecular complexity index is 90.2. The lowest BCUT2D eigenvalue weighted by Crippen LogP contribution is -2.15. The summed E-state index contributed by atoms with van der Waals surface area (Å²) in [5, 5.41) is 0.592. The molecular formula is C8H19NOS. The summed E-state index contributed by atoms with van der Waals surface area (Å²) >= 11 is 1.93. The molecule has 11 heavy (non-hydrogen) atoms. The second-order valence-corrected chi connectivity index (χ2v) is 4.41. The van der Waals surface area contributed by atoms with E-state index in [4.69, 9.17) is 10.5 Å². The Hall–Kier alpha value is 0.270. The highest BCUT2D eigenvalue weighted by molar-refractivity contribution is 7.99. The van der Waals surface area contributed by atoms with Gasteiger partial charge in [0.1, 0.15) is 0 Å². The molecule has 0 bridgehead atoms. The van der Waals surface area contributed by atoms with E-state index in [9.17, 15) is 0 Å². The number of methoxy groups -OCH3 is 1. The topological polar surface area (TPSA) is 35.2 Å². The Morgan fingerprint density at radius 2 is 2.09 bits per heavy atom. The fourth-order valence-corrected chi connectivity index (χ4v) is 1.70. The van der Waals surface area contributed by atoms with Crippen molar-refractivity contribution in [2.45, 2.75) is 19.1 Å². The average Bonchev–Trinajstić information content (AvgIpc) is 2.01. The molecule has 0 aromatic rings. The lowest BCUT2D eigenvalue weighted by atomic mass is 10.2. The SMILES string of the molecule is COCC(C)SCC(C)CN. The van der Waals surface area contributed by atoms with Gasteiger partial charge in [0.25, 0.3) is 0 Å². The fraction of sp³-hybridized carbons (Fsp3) is 1.00. The molecule has 0 saturated heterocycles. The molecule has 0 saturated carbocycles. The molecule has 0 aliphatic carbocycles. The van der Waals surface area contributed by atoms with Gasteiger partial charge in [-0.2, -0.15) is 11.8 Å². The standard InChI is InChI=1S/C8H19NOS/c1-7(4-9)6-11-8(2)5-10-3/h7-8H,4-6,9H2,1-3H3. The van der Waals surface area contributed by atoms with E-state index in [1.165, 1.54) is 0 Å². The fourth-order valence-electron chi connectivity index (χ4n) is 0.679. The normalized spacial score (nSPS) is 16.4. The highest BCUT2D eigenvalue weighted by Crippen LogP contribution is 2.13. The molecule has 0 aromatic heterocycles. The number of thioether (sulfide) groups is 1. The van der Waals surface area contributed by atoms with Crippen LogP contribution in [0.15, 0.2) is 0 Å². The minimum Gasteiger partial charge on any atom is -0.384 e. The summed E-state index contributed by atoms with van der Waals surface area (Å²) in [4.78, 5) is 0. The van der Waals surface area contributed by atoms with Crippen LogP contribution in [-0.2, 0) is 4.74 Å². The van der Waals surface area contributed by atoms with E-state index in [1.807, 2.05) is 11.8 Å². The molecule has 0 rings (SSSR count). The van der Waals surface area contributed by atoms with Crippen molar-refractivity contribution >= 4 is 11.8 Å². The first-order chi connectivity index (χ1) is 5.20. The van der Waals surface area contributed by atoms with Gasteiger partial charge in [0.2, 0.25) is 0 Å². The predicted octanol–water partition coefficient (Wildman–Crippen LogP) is 1.35. The molecule has 3 heteroatoms. The maximum absolute atomic E-state index is 5.49. The van der Waals surface area contributed by atoms with Gasteiger partial charge in [-0.25, -0.2) is 0 Å². The van der Waals surface area contributed by atoms with Gasteiger partial charge < -0.3 is 10.5 Å². The maximum Gasteiger partial charge on any atom is 0.0578 e. The van der Waals surface area contributed by atoms with Crippen molar-refractivity contribution in [2.75, 3.05) is 26.0 Å². The number of rotatable bonds is 6. The first-order valence-corrected chi connectivity index (χ1v) is 5.06. The van der Waals surface area contributed by atoms with Crippen LogP contribution in [0.2, 0.25) is 0 Å². The monoisotopic (exact) mass is 177 g/mol. The number of hydrogen-bond acceptors (Lipinski definition) is 3. The van der Waals surface area contributed by atoms with Gasteiger partial charge >= 0.3 is 0 Å². The molecule has 2 nitrogen and oxygen atoms in total. The molecule has 0 heterocycles. The Balaban J connectivity index is 3.22. The molecule has 2 atom stereocenters. The van der Waals surface area contributed by atoms with Crippen LogP contribution in [0.25, 0.3) is 0 Å². The van der Waals surface area contributed by atoms with E-state index in [-0.39, 0.29) is 0 Å². The summed E-state index contributed by atoms with van der Waals surface area (Å²) in [6.07, 6.45) is 0. The van der Waals surface area contributed by atoms with E-state index in [0.29, 0.717) is 11.2 Å². The zero-order valence-electron chi connectivity index (χ0n) is 7.67. The molecular weight excluding hydrogens is 158 g/mol. The van der Waals surface area contributed by atoms with Crippen molar-refractivity contribution < 1.29 is 4.74 Å². The Labute approximate surface area is 73.9 Å². The maximum atomic E-state index is 5.49. The van der Waals surface area contributed by atoms with Gasteiger partial charge in [-0.05, 0) is 18.2 Å². The summed E-state index contributed by atoms with van der Waals surface area (Å²) < 4.78 is 5.02. The molecule has 0 radical (unpaired) electrons. The lowest BCUT2D eigenvalue weighted by molar-refractivity contribution is 0.203. The van der Waals surface area contributed by atoms with Crippen molar-refractivity contribution in [1.29, 1.82) is 0 Å². The minimum atomic E-state index is 0.592. The minimum absolute atomic E-state index is 0.592. The van der Waals surface area contributed by atoms with Gasteiger partial charge in [-0.1, -0.05) is 13.8 Å². The van der Waals surface area contributed by atoms with Crippen molar-refractivity contribution in [2.24, 2.45) is 11.7 Å². The molecule has 68 valence electrons. The van der Waals surface area contributed by atoms with Crippen LogP contribution in [-0.4, -0.2) is 31.3 Å². The molecule has 0 aliphatic heterocycles. The van der Waals surface area contributed by atoms with Gasteiger partial charge in [-0.3, -0.25) is 0 Å². The van der Waals surface area contributed by atoms with E-state index >= 15 is 0 Å². The Kier molecular flexibility index (Phi) is 7.12. The Morgan fingerprint density at radius 1 is 1.45 bits per heavy atom. The molecule has 0 spiro atoms. The lowest BCUT2D eigenvalue weighted by Gasteiger charge is -2.12. The third kappa shape index (κ3) is 6.66. The van der Waals surface area contributed by atoms with Crippen LogP contribution in [0.4, 0.5) is 0 Å². The molecule has 2 unspecified atom stereocenters. The van der Waals surface area contributed by atoms with Crippen LogP contribution < -0.4 is 5.73 Å². The van der Waals surface area contributed by atoms with Crippen LogP contribution in [0.5, 0.6) is 0 Å². The highest BCUT2D eigenvalue weighted by Gasteiger charge is 2.04. The average molecular weight is 177 g/mol. The second kappa shape index (κ2) is 6.95. The summed E-state index contributed by atoms with van der Waals surface area (Å²) in [5.41, 5.74) is 5.49. The molecule has 2 N–H and O–H groups in total. The van der Waals surface area contributed by atoms with Crippen LogP contribution in [0, 0.1) is 5.92 Å². The van der Waals surface area contributed by atoms with E-state index < -0.39 is 0 Å². The van der Waals surface area contributed by atoms with Crippen LogP contribution in [0.1, 0.15) is 13.8 Å². The number of ether oxygens (including phenoxy) is 1. The smallest absolute Gasteiger partial charge is 0.0578 e. The zero-order chi connectivity index (χ0) is 8.69. The predicted molar refractivity (Wildman–Crippen MR) is 52.0 cm³/mol. The molecule has 0 aliphatic rings. The summed E-state index contributed by atoms with van der Waals surface area (Å²) in [5.74, 6) is 1.76. The van der Waals surface area contributed by atoms with Crippen molar-refractivity contribution in [3.05, 3.63) is 0 Å². The van der Waals surface area contributed by atoms with E-state index in [0.717, 1.165) is 18.9 Å². The van der Waals surface area contributed by atoms with Crippen molar-refractivity contribution in [3.63, 3.8) is 0 Å². The third-order valence-corrected chi connectivity index (χ3v) is 2.94. The van der Waals surface area contributed by atoms with E-state index in [2.05, 4.69) is 13.8 Å². The summed E-state index contributed by atoms with van der Waals surface area (Å²) in [7, 11) is 1.74. The molecule has 0 amide bonds. The quantitative estimate of drug-likeness (QED) is 0.665. The van der Waals surface area contributed by atoms with E-state index in [1.54, 1.807) is 7.11 Å². The summed E-state index contributed by atoms with van der Waals surface area (Å²) in [6, 6.07) is 0. The number of nitrogens with two attached hydrogens (primary N) is 1. The van der Waals surface area contributed by atoms with Gasteiger partial charge in [0.15, 0.2) is 0 Å². The van der Waals surface area contributed by atoms with Crippen LogP contribution >= 0.6 is 11.8 Å². The second-order valence-electron chi connectivity index (χ2n) is 2.94. The van der Waals surface area contributed by atoms with Crippen LogP contribution in [0.3, 0.4) is 0 Å². The van der Waals surface area contributed by atoms with Gasteiger partial charge in [0, 0.05) is 12.4 Å². The number of hydrogen-bond donors (Lipinski definition) is 1. The molecule has 0 aromatic carbocycles. The Morgan fingerprint density at radius 3 is 2.55 bits per heavy atom. The van der Waals surface area contributed by atoms with Gasteiger partial charge in [-0.15, -0.1) is 0 Å². The van der Waals surface area contributed by atoms with Crippen molar-refractivity contribution in [3.8, 4) is 0 Å². The molecule has 0 fully saturated rings. The highest BCUT2D eigenvalue weighted by atomic mass is 32.2. The first kappa shape index (κ1) is 11.3. The third-order valence-electron chi connectivity index (χ3n) is 1.47. The van der Waals surface area contributed by atoms with Gasteiger partial charge in [0.05, 0.1) is 6.61 Å². The largest absolute Gasteiger partial charge is 0.384 e. The zero-order valence-corrected chi connectivity index (χ0v) is 8.49. The first-order valence-electron chi connectivity index (χ1n) is 4.01. The van der Waals surface area contributed by atoms with Crippen molar-refractivity contribution in [1.82, 2.24) is 0 Å². The summed E-state index contributed by atoms with van der Waals surface area (Å²) in [6.45, 7) is 5.97.